The van der Waals surface area contributed by atoms with Crippen molar-refractivity contribution in [2.75, 3.05) is 13.1 Å². The van der Waals surface area contributed by atoms with Gasteiger partial charge in [0.25, 0.3) is 0 Å². The molecule has 1 saturated carbocycles. The first-order chi connectivity index (χ1) is 10.4. The van der Waals surface area contributed by atoms with Crippen LogP contribution in [-0.4, -0.2) is 36.9 Å². The molecule has 7 heteroatoms. The molecule has 1 aliphatic carbocycles. The van der Waals surface area contributed by atoms with Crippen LogP contribution >= 0.6 is 11.6 Å². The summed E-state index contributed by atoms with van der Waals surface area (Å²) in [5.41, 5.74) is -0.0153. The molecule has 2 aliphatic rings. The fourth-order valence-corrected chi connectivity index (χ4v) is 5.18. The number of carboxylic acid groups (broad SMARTS) is 1. The van der Waals surface area contributed by atoms with E-state index in [0.717, 1.165) is 12.8 Å². The summed E-state index contributed by atoms with van der Waals surface area (Å²) in [6.07, 6.45) is 4.35. The largest absolute Gasteiger partial charge is 0.478 e. The van der Waals surface area contributed by atoms with Gasteiger partial charge in [0.1, 0.15) is 4.90 Å². The highest BCUT2D eigenvalue weighted by atomic mass is 35.5. The summed E-state index contributed by atoms with van der Waals surface area (Å²) in [7, 11) is -3.67. The topological polar surface area (TPSA) is 74.7 Å². The Bertz CT molecular complexity index is 699. The predicted molar refractivity (Wildman–Crippen MR) is 82.6 cm³/mol. The zero-order valence-corrected chi connectivity index (χ0v) is 13.6. The van der Waals surface area contributed by atoms with Gasteiger partial charge in [-0.3, -0.25) is 0 Å². The summed E-state index contributed by atoms with van der Waals surface area (Å²) < 4.78 is 27.0. The molecule has 1 aromatic rings. The third-order valence-corrected chi connectivity index (χ3v) is 6.85. The zero-order valence-electron chi connectivity index (χ0n) is 12.0. The molecule has 0 amide bonds. The van der Waals surface area contributed by atoms with Crippen LogP contribution < -0.4 is 0 Å². The van der Waals surface area contributed by atoms with Gasteiger partial charge in [0.2, 0.25) is 10.0 Å². The van der Waals surface area contributed by atoms with Crippen molar-refractivity contribution < 1.29 is 18.3 Å². The van der Waals surface area contributed by atoms with Crippen LogP contribution in [-0.2, 0) is 10.0 Å². The standard InChI is InChI=1S/C15H18ClNO4S/c16-13-8-11(15(18)19)5-6-14(13)22(20,21)17-7-1-2-12(9-17)10-3-4-10/h5-6,8,10,12H,1-4,7,9H2,(H,18,19). The zero-order chi connectivity index (χ0) is 15.9. The van der Waals surface area contributed by atoms with E-state index in [1.165, 1.54) is 35.3 Å². The third kappa shape index (κ3) is 3.00. The highest BCUT2D eigenvalue weighted by Gasteiger charge is 2.38. The van der Waals surface area contributed by atoms with Crippen molar-refractivity contribution in [3.8, 4) is 0 Å². The summed E-state index contributed by atoms with van der Waals surface area (Å²) >= 11 is 6.02. The Morgan fingerprint density at radius 2 is 1.95 bits per heavy atom. The normalized spacial score (nSPS) is 23.4. The van der Waals surface area contributed by atoms with Crippen LogP contribution in [0.5, 0.6) is 0 Å². The van der Waals surface area contributed by atoms with E-state index in [0.29, 0.717) is 24.9 Å². The Hall–Kier alpha value is -1.11. The number of sulfonamides is 1. The second-order valence-electron chi connectivity index (χ2n) is 6.05. The molecular weight excluding hydrogens is 326 g/mol. The van der Waals surface area contributed by atoms with E-state index < -0.39 is 16.0 Å². The smallest absolute Gasteiger partial charge is 0.335 e. The molecule has 0 aromatic heterocycles. The summed E-state index contributed by atoms with van der Waals surface area (Å²) in [4.78, 5) is 10.9. The molecule has 3 rings (SSSR count). The van der Waals surface area contributed by atoms with Gasteiger partial charge in [0.05, 0.1) is 10.6 Å². The molecule has 1 aliphatic heterocycles. The van der Waals surface area contributed by atoms with E-state index in [1.807, 2.05) is 0 Å². The van der Waals surface area contributed by atoms with Gasteiger partial charge in [0, 0.05) is 13.1 Å². The number of hydrogen-bond donors (Lipinski definition) is 1. The molecule has 5 nitrogen and oxygen atoms in total. The summed E-state index contributed by atoms with van der Waals surface area (Å²) in [5, 5.41) is 8.90. The molecule has 1 unspecified atom stereocenters. The first kappa shape index (κ1) is 15.8. The summed E-state index contributed by atoms with van der Waals surface area (Å²) in [6.45, 7) is 1.05. The van der Waals surface area contributed by atoms with Gasteiger partial charge in [-0.1, -0.05) is 11.6 Å². The number of aromatic carboxylic acids is 1. The number of halogens is 1. The Labute approximate surface area is 134 Å². The fourth-order valence-electron chi connectivity index (χ4n) is 3.13. The quantitative estimate of drug-likeness (QED) is 0.912. The highest BCUT2D eigenvalue weighted by Crippen LogP contribution is 2.42. The van der Waals surface area contributed by atoms with Gasteiger partial charge in [-0.05, 0) is 55.7 Å². The molecule has 0 spiro atoms. The number of rotatable bonds is 4. The van der Waals surface area contributed by atoms with Crippen LogP contribution in [0.15, 0.2) is 23.1 Å². The van der Waals surface area contributed by atoms with E-state index in [-0.39, 0.29) is 15.5 Å². The average Bonchev–Trinajstić information content (AvgIpc) is 3.31. The van der Waals surface area contributed by atoms with Gasteiger partial charge in [-0.2, -0.15) is 4.31 Å². The number of carbonyl (C=O) groups is 1. The number of piperidine rings is 1. The molecule has 1 aromatic carbocycles. The fraction of sp³-hybridized carbons (Fsp3) is 0.533. The van der Waals surface area contributed by atoms with E-state index >= 15 is 0 Å². The van der Waals surface area contributed by atoms with Gasteiger partial charge in [0.15, 0.2) is 0 Å². The molecule has 22 heavy (non-hydrogen) atoms. The maximum absolute atomic E-state index is 12.8. The van der Waals surface area contributed by atoms with E-state index in [4.69, 9.17) is 16.7 Å². The van der Waals surface area contributed by atoms with Crippen LogP contribution in [0.1, 0.15) is 36.0 Å². The molecule has 1 saturated heterocycles. The molecule has 120 valence electrons. The van der Waals surface area contributed by atoms with Crippen molar-refractivity contribution in [2.24, 2.45) is 11.8 Å². The van der Waals surface area contributed by atoms with E-state index in [9.17, 15) is 13.2 Å². The van der Waals surface area contributed by atoms with Crippen LogP contribution in [0.25, 0.3) is 0 Å². The van der Waals surface area contributed by atoms with Crippen molar-refractivity contribution >= 4 is 27.6 Å². The number of nitrogens with zero attached hydrogens (tertiary/aromatic N) is 1. The van der Waals surface area contributed by atoms with Crippen molar-refractivity contribution in [1.82, 2.24) is 4.31 Å². The highest BCUT2D eigenvalue weighted by molar-refractivity contribution is 7.89. The van der Waals surface area contributed by atoms with E-state index in [2.05, 4.69) is 0 Å². The maximum Gasteiger partial charge on any atom is 0.335 e. The van der Waals surface area contributed by atoms with Gasteiger partial charge in [-0.25, -0.2) is 13.2 Å². The number of hydrogen-bond acceptors (Lipinski definition) is 3. The summed E-state index contributed by atoms with van der Waals surface area (Å²) in [6, 6.07) is 3.77. The molecule has 1 heterocycles. The number of carboxylic acids is 1. The van der Waals surface area contributed by atoms with Crippen molar-refractivity contribution in [1.29, 1.82) is 0 Å². The lowest BCUT2D eigenvalue weighted by Crippen LogP contribution is -2.40. The van der Waals surface area contributed by atoms with Crippen molar-refractivity contribution in [2.45, 2.75) is 30.6 Å². The Balaban J connectivity index is 1.87. The van der Waals surface area contributed by atoms with Gasteiger partial charge < -0.3 is 5.11 Å². The van der Waals surface area contributed by atoms with Crippen LogP contribution in [0.2, 0.25) is 5.02 Å². The lowest BCUT2D eigenvalue weighted by molar-refractivity contribution is 0.0696. The second kappa shape index (κ2) is 5.83. The van der Waals surface area contributed by atoms with Crippen LogP contribution in [0.3, 0.4) is 0 Å². The Kier molecular flexibility index (Phi) is 4.18. The van der Waals surface area contributed by atoms with Crippen molar-refractivity contribution in [3.63, 3.8) is 0 Å². The SMILES string of the molecule is O=C(O)c1ccc(S(=O)(=O)N2CCCC(C3CC3)C2)c(Cl)c1. The minimum absolute atomic E-state index is 0.00406. The van der Waals surface area contributed by atoms with Crippen LogP contribution in [0, 0.1) is 11.8 Å². The van der Waals surface area contributed by atoms with Crippen LogP contribution in [0.4, 0.5) is 0 Å². The van der Waals surface area contributed by atoms with Crippen molar-refractivity contribution in [3.05, 3.63) is 28.8 Å². The number of benzene rings is 1. The molecule has 1 N–H and O–H groups in total. The Morgan fingerprint density at radius 1 is 1.23 bits per heavy atom. The van der Waals surface area contributed by atoms with Gasteiger partial charge >= 0.3 is 5.97 Å². The molecule has 0 bridgehead atoms. The predicted octanol–water partition coefficient (Wildman–Crippen LogP) is 2.85. The monoisotopic (exact) mass is 343 g/mol. The first-order valence-corrected chi connectivity index (χ1v) is 9.24. The lowest BCUT2D eigenvalue weighted by Gasteiger charge is -2.32. The van der Waals surface area contributed by atoms with E-state index in [1.54, 1.807) is 0 Å². The average molecular weight is 344 g/mol. The molecule has 1 atom stereocenters. The molecule has 0 radical (unpaired) electrons. The lowest BCUT2D eigenvalue weighted by atomic mass is 9.95. The minimum atomic E-state index is -3.67. The second-order valence-corrected chi connectivity index (χ2v) is 8.37. The van der Waals surface area contributed by atoms with Gasteiger partial charge in [-0.15, -0.1) is 0 Å². The summed E-state index contributed by atoms with van der Waals surface area (Å²) in [5.74, 6) is -0.0129. The first-order valence-electron chi connectivity index (χ1n) is 7.42. The Morgan fingerprint density at radius 3 is 2.55 bits per heavy atom. The maximum atomic E-state index is 12.8. The molecule has 2 fully saturated rings. The minimum Gasteiger partial charge on any atom is -0.478 e. The third-order valence-electron chi connectivity index (χ3n) is 4.51. The molecular formula is C15H18ClNO4S.